The highest BCUT2D eigenvalue weighted by atomic mass is 35.5. The van der Waals surface area contributed by atoms with Crippen molar-refractivity contribution in [3.8, 4) is 0 Å². The van der Waals surface area contributed by atoms with Gasteiger partial charge in [0.15, 0.2) is 5.13 Å². The van der Waals surface area contributed by atoms with E-state index in [1.807, 2.05) is 6.92 Å². The number of thiazole rings is 1. The van der Waals surface area contributed by atoms with Gasteiger partial charge in [-0.3, -0.25) is 14.4 Å². The third kappa shape index (κ3) is 4.07. The Morgan fingerprint density at radius 3 is 2.68 bits per heavy atom. The van der Waals surface area contributed by atoms with Crippen LogP contribution in [0.2, 0.25) is 5.02 Å². The molecule has 0 fully saturated rings. The Kier molecular flexibility index (Phi) is 5.81. The van der Waals surface area contributed by atoms with Crippen LogP contribution in [-0.4, -0.2) is 26.6 Å². The summed E-state index contributed by atoms with van der Waals surface area (Å²) < 4.78 is 7.04. The van der Waals surface area contributed by atoms with E-state index in [2.05, 4.69) is 10.1 Å². The summed E-state index contributed by atoms with van der Waals surface area (Å²) in [5.74, 6) is -0.641. The maximum Gasteiger partial charge on any atom is 0.342 e. The maximum atomic E-state index is 12.4. The highest BCUT2D eigenvalue weighted by Gasteiger charge is 2.21. The molecule has 1 aromatic carbocycles. The number of aryl methyl sites for hydroxylation is 2. The molecule has 2 heterocycles. The SMILES string of the molecule is CC(=O)N(c1cccc(Cl)c1)c1nc(COC(=O)c2c(C)nn(C)c2C)cs1. The number of carbonyl (C=O) groups is 2. The fraction of sp³-hybridized carbons (Fsp3) is 0.263. The highest BCUT2D eigenvalue weighted by molar-refractivity contribution is 7.14. The van der Waals surface area contributed by atoms with Gasteiger partial charge in [0, 0.05) is 30.1 Å². The van der Waals surface area contributed by atoms with Gasteiger partial charge in [0.1, 0.15) is 12.2 Å². The lowest BCUT2D eigenvalue weighted by atomic mass is 10.2. The molecule has 3 aromatic rings. The molecule has 7 nitrogen and oxygen atoms in total. The van der Waals surface area contributed by atoms with E-state index in [4.69, 9.17) is 16.3 Å². The van der Waals surface area contributed by atoms with Crippen molar-refractivity contribution in [1.29, 1.82) is 0 Å². The number of amides is 1. The van der Waals surface area contributed by atoms with Crippen LogP contribution in [0.1, 0.15) is 34.4 Å². The van der Waals surface area contributed by atoms with Crippen molar-refractivity contribution < 1.29 is 14.3 Å². The molecule has 1 amide bonds. The largest absolute Gasteiger partial charge is 0.455 e. The summed E-state index contributed by atoms with van der Waals surface area (Å²) in [6.45, 7) is 5.04. The molecular weight excluding hydrogens is 400 g/mol. The second-order valence-electron chi connectivity index (χ2n) is 6.20. The van der Waals surface area contributed by atoms with Crippen LogP contribution in [0.5, 0.6) is 0 Å². The first kappa shape index (κ1) is 20.0. The predicted molar refractivity (Wildman–Crippen MR) is 108 cm³/mol. The first-order chi connectivity index (χ1) is 13.3. The van der Waals surface area contributed by atoms with Gasteiger partial charge in [-0.1, -0.05) is 17.7 Å². The van der Waals surface area contributed by atoms with Gasteiger partial charge < -0.3 is 4.74 Å². The molecule has 3 rings (SSSR count). The third-order valence-corrected chi connectivity index (χ3v) is 5.29. The van der Waals surface area contributed by atoms with Crippen molar-refractivity contribution in [2.75, 3.05) is 4.90 Å². The second kappa shape index (κ2) is 8.12. The lowest BCUT2D eigenvalue weighted by Crippen LogP contribution is -2.22. The van der Waals surface area contributed by atoms with Crippen LogP contribution in [0.25, 0.3) is 0 Å². The molecule has 0 aliphatic carbocycles. The Balaban J connectivity index is 1.76. The van der Waals surface area contributed by atoms with E-state index in [-0.39, 0.29) is 12.5 Å². The van der Waals surface area contributed by atoms with E-state index in [1.54, 1.807) is 48.3 Å². The number of hydrogen-bond acceptors (Lipinski definition) is 6. The molecule has 9 heteroatoms. The van der Waals surface area contributed by atoms with Gasteiger partial charge in [0.2, 0.25) is 5.91 Å². The van der Waals surface area contributed by atoms with E-state index in [1.165, 1.54) is 23.2 Å². The van der Waals surface area contributed by atoms with Gasteiger partial charge in [-0.25, -0.2) is 9.78 Å². The molecule has 146 valence electrons. The summed E-state index contributed by atoms with van der Waals surface area (Å²) in [4.78, 5) is 30.5. The van der Waals surface area contributed by atoms with Crippen molar-refractivity contribution >= 4 is 45.6 Å². The molecule has 0 atom stereocenters. The Labute approximate surface area is 171 Å². The van der Waals surface area contributed by atoms with E-state index in [0.717, 1.165) is 5.69 Å². The first-order valence-corrected chi connectivity index (χ1v) is 9.71. The predicted octanol–water partition coefficient (Wildman–Crippen LogP) is 4.19. The number of aromatic nitrogens is 3. The number of hydrogen-bond donors (Lipinski definition) is 0. The summed E-state index contributed by atoms with van der Waals surface area (Å²) in [5.41, 5.74) is 3.00. The Bertz CT molecular complexity index is 1040. The maximum absolute atomic E-state index is 12.4. The second-order valence-corrected chi connectivity index (χ2v) is 7.47. The average molecular weight is 419 g/mol. The number of ether oxygens (including phenoxy) is 1. The van der Waals surface area contributed by atoms with E-state index in [9.17, 15) is 9.59 Å². The molecule has 0 aliphatic heterocycles. The number of nitrogens with zero attached hydrogens (tertiary/aromatic N) is 4. The molecule has 0 saturated carbocycles. The molecule has 0 spiro atoms. The summed E-state index contributed by atoms with van der Waals surface area (Å²) in [6.07, 6.45) is 0. The molecule has 2 aromatic heterocycles. The van der Waals surface area contributed by atoms with Gasteiger partial charge in [-0.05, 0) is 32.0 Å². The first-order valence-electron chi connectivity index (χ1n) is 8.46. The van der Waals surface area contributed by atoms with Crippen LogP contribution < -0.4 is 4.90 Å². The zero-order valence-electron chi connectivity index (χ0n) is 15.9. The van der Waals surface area contributed by atoms with E-state index in [0.29, 0.717) is 32.8 Å². The minimum atomic E-state index is -0.448. The van der Waals surface area contributed by atoms with Gasteiger partial charge in [0.25, 0.3) is 0 Å². The third-order valence-electron chi connectivity index (χ3n) is 4.18. The lowest BCUT2D eigenvalue weighted by Gasteiger charge is -2.18. The zero-order valence-corrected chi connectivity index (χ0v) is 17.5. The molecular formula is C19H19ClN4O3S. The van der Waals surface area contributed by atoms with Crippen LogP contribution in [0.3, 0.4) is 0 Å². The van der Waals surface area contributed by atoms with Crippen LogP contribution in [-0.2, 0) is 23.2 Å². The van der Waals surface area contributed by atoms with Crippen LogP contribution in [0.15, 0.2) is 29.6 Å². The Morgan fingerprint density at radius 2 is 2.07 bits per heavy atom. The normalized spacial score (nSPS) is 10.8. The van der Waals surface area contributed by atoms with Crippen molar-refractivity contribution in [2.24, 2.45) is 7.05 Å². The van der Waals surface area contributed by atoms with E-state index >= 15 is 0 Å². The molecule has 0 radical (unpaired) electrons. The minimum Gasteiger partial charge on any atom is -0.455 e. The van der Waals surface area contributed by atoms with Crippen LogP contribution in [0, 0.1) is 13.8 Å². The number of anilines is 2. The lowest BCUT2D eigenvalue weighted by molar-refractivity contribution is -0.115. The van der Waals surface area contributed by atoms with Gasteiger partial charge >= 0.3 is 5.97 Å². The molecule has 0 bridgehead atoms. The van der Waals surface area contributed by atoms with Crippen molar-refractivity contribution in [3.63, 3.8) is 0 Å². The molecule has 28 heavy (non-hydrogen) atoms. The summed E-state index contributed by atoms with van der Waals surface area (Å²) in [7, 11) is 1.78. The fourth-order valence-corrected chi connectivity index (χ4v) is 3.84. The fourth-order valence-electron chi connectivity index (χ4n) is 2.79. The number of esters is 1. The quantitative estimate of drug-likeness (QED) is 0.580. The average Bonchev–Trinajstić information content (AvgIpc) is 3.17. The summed E-state index contributed by atoms with van der Waals surface area (Å²) in [6, 6.07) is 6.97. The smallest absolute Gasteiger partial charge is 0.342 e. The number of rotatable bonds is 5. The van der Waals surface area contributed by atoms with Crippen molar-refractivity contribution in [3.05, 3.63) is 57.3 Å². The molecule has 0 aliphatic rings. The number of benzene rings is 1. The van der Waals surface area contributed by atoms with Crippen molar-refractivity contribution in [1.82, 2.24) is 14.8 Å². The van der Waals surface area contributed by atoms with E-state index < -0.39 is 5.97 Å². The summed E-state index contributed by atoms with van der Waals surface area (Å²) >= 11 is 7.32. The monoisotopic (exact) mass is 418 g/mol. The standard InChI is InChI=1S/C19H19ClN4O3S/c1-11-17(12(2)23(4)22-11)18(26)27-9-15-10-28-19(21-15)24(13(3)25)16-7-5-6-14(20)8-16/h5-8,10H,9H2,1-4H3. The van der Waals surface area contributed by atoms with Crippen LogP contribution in [0.4, 0.5) is 10.8 Å². The molecule has 0 N–H and O–H groups in total. The number of carbonyl (C=O) groups excluding carboxylic acids is 2. The van der Waals surface area contributed by atoms with Gasteiger partial charge in [-0.15, -0.1) is 11.3 Å². The molecule has 0 unspecified atom stereocenters. The summed E-state index contributed by atoms with van der Waals surface area (Å²) in [5, 5.41) is 6.98. The topological polar surface area (TPSA) is 77.3 Å². The number of halogens is 1. The van der Waals surface area contributed by atoms with Gasteiger partial charge in [-0.2, -0.15) is 5.10 Å². The zero-order chi connectivity index (χ0) is 20.4. The Hall–Kier alpha value is -2.71. The Morgan fingerprint density at radius 1 is 1.32 bits per heavy atom. The minimum absolute atomic E-state index is 0.00436. The molecule has 0 saturated heterocycles. The van der Waals surface area contributed by atoms with Crippen molar-refractivity contribution in [2.45, 2.75) is 27.4 Å². The van der Waals surface area contributed by atoms with Gasteiger partial charge in [0.05, 0.1) is 17.1 Å². The van der Waals surface area contributed by atoms with Crippen LogP contribution >= 0.6 is 22.9 Å². The highest BCUT2D eigenvalue weighted by Crippen LogP contribution is 2.30.